The van der Waals surface area contributed by atoms with Crippen LogP contribution in [0.15, 0.2) is 12.1 Å². The van der Waals surface area contributed by atoms with Crippen molar-refractivity contribution >= 4 is 16.6 Å². The minimum atomic E-state index is -0.200. The molecule has 0 aliphatic heterocycles. The van der Waals surface area contributed by atoms with Crippen LogP contribution in [0.2, 0.25) is 0 Å². The fourth-order valence-corrected chi connectivity index (χ4v) is 2.51. The Morgan fingerprint density at radius 3 is 2.44 bits per heavy atom. The second-order valence-corrected chi connectivity index (χ2v) is 5.01. The molecule has 2 aromatic rings. The first-order valence-corrected chi connectivity index (χ1v) is 6.23. The zero-order chi connectivity index (χ0) is 13.4. The molecular weight excluding hydrogens is 227 g/mol. The van der Waals surface area contributed by atoms with E-state index in [2.05, 4.69) is 24.1 Å². The van der Waals surface area contributed by atoms with Crippen LogP contribution in [0, 0.1) is 19.7 Å². The molecule has 1 N–H and O–H groups in total. The second-order valence-electron chi connectivity index (χ2n) is 5.01. The van der Waals surface area contributed by atoms with Gasteiger partial charge in [0.1, 0.15) is 5.82 Å². The van der Waals surface area contributed by atoms with Crippen molar-refractivity contribution in [1.82, 2.24) is 4.98 Å². The topological polar surface area (TPSA) is 24.9 Å². The third kappa shape index (κ3) is 1.94. The first kappa shape index (κ1) is 12.8. The molecule has 0 amide bonds. The molecule has 0 saturated carbocycles. The Labute approximate surface area is 107 Å². The maximum Gasteiger partial charge on any atom is 0.128 e. The van der Waals surface area contributed by atoms with Gasteiger partial charge < -0.3 is 5.32 Å². The van der Waals surface area contributed by atoms with Gasteiger partial charge in [0, 0.05) is 29.9 Å². The van der Waals surface area contributed by atoms with Gasteiger partial charge >= 0.3 is 0 Å². The van der Waals surface area contributed by atoms with Gasteiger partial charge in [0.2, 0.25) is 0 Å². The van der Waals surface area contributed by atoms with E-state index >= 15 is 0 Å². The van der Waals surface area contributed by atoms with E-state index in [0.29, 0.717) is 17.0 Å². The van der Waals surface area contributed by atoms with Crippen molar-refractivity contribution in [3.05, 3.63) is 34.8 Å². The van der Waals surface area contributed by atoms with Gasteiger partial charge in [0.15, 0.2) is 0 Å². The van der Waals surface area contributed by atoms with Crippen LogP contribution in [-0.2, 0) is 0 Å². The van der Waals surface area contributed by atoms with Gasteiger partial charge in [-0.1, -0.05) is 13.8 Å². The van der Waals surface area contributed by atoms with Crippen molar-refractivity contribution in [3.8, 4) is 0 Å². The lowest BCUT2D eigenvalue weighted by atomic mass is 9.96. The summed E-state index contributed by atoms with van der Waals surface area (Å²) < 4.78 is 13.6. The number of rotatable bonds is 2. The molecule has 2 nitrogen and oxygen atoms in total. The Bertz CT molecular complexity index is 603. The number of hydrogen-bond acceptors (Lipinski definition) is 2. The van der Waals surface area contributed by atoms with Crippen LogP contribution in [0.5, 0.6) is 0 Å². The lowest BCUT2D eigenvalue weighted by molar-refractivity contribution is 0.620. The molecule has 1 aromatic carbocycles. The number of halogens is 1. The average Bonchev–Trinajstić information content (AvgIpc) is 2.29. The summed E-state index contributed by atoms with van der Waals surface area (Å²) >= 11 is 0. The number of pyridine rings is 1. The van der Waals surface area contributed by atoms with Crippen LogP contribution in [0.25, 0.3) is 10.9 Å². The summed E-state index contributed by atoms with van der Waals surface area (Å²) in [6, 6.07) is 3.39. The molecule has 0 saturated heterocycles. The van der Waals surface area contributed by atoms with E-state index in [4.69, 9.17) is 0 Å². The van der Waals surface area contributed by atoms with Crippen LogP contribution in [-0.4, -0.2) is 12.0 Å². The van der Waals surface area contributed by atoms with E-state index in [0.717, 1.165) is 16.8 Å². The molecule has 1 aromatic heterocycles. The van der Waals surface area contributed by atoms with Gasteiger partial charge in [-0.3, -0.25) is 4.98 Å². The second kappa shape index (κ2) is 4.56. The number of hydrogen-bond donors (Lipinski definition) is 1. The number of aryl methyl sites for hydroxylation is 2. The maximum absolute atomic E-state index is 13.6. The van der Waals surface area contributed by atoms with Gasteiger partial charge in [-0.25, -0.2) is 4.39 Å². The smallest absolute Gasteiger partial charge is 0.128 e. The Kier molecular flexibility index (Phi) is 3.24. The van der Waals surface area contributed by atoms with E-state index in [1.807, 2.05) is 20.0 Å². The third-order valence-electron chi connectivity index (χ3n) is 3.32. The molecule has 0 bridgehead atoms. The quantitative estimate of drug-likeness (QED) is 0.860. The standard InChI is InChI=1S/C15H19FN2/c1-8(2)14-10(4)18-13-7-12(16)9(3)6-11(13)15(14)17-5/h6-8H,1-5H3,(H,17,18). The number of aromatic nitrogens is 1. The number of anilines is 1. The molecule has 0 aliphatic carbocycles. The highest BCUT2D eigenvalue weighted by molar-refractivity contribution is 5.94. The Hall–Kier alpha value is -1.64. The molecule has 0 aliphatic rings. The van der Waals surface area contributed by atoms with Crippen molar-refractivity contribution < 1.29 is 4.39 Å². The fraction of sp³-hybridized carbons (Fsp3) is 0.400. The molecule has 0 unspecified atom stereocenters. The molecule has 2 rings (SSSR count). The molecule has 0 atom stereocenters. The maximum atomic E-state index is 13.6. The molecule has 0 spiro atoms. The summed E-state index contributed by atoms with van der Waals surface area (Å²) in [7, 11) is 1.90. The number of benzene rings is 1. The van der Waals surface area contributed by atoms with Crippen molar-refractivity contribution in [2.75, 3.05) is 12.4 Å². The third-order valence-corrected chi connectivity index (χ3v) is 3.32. The normalized spacial score (nSPS) is 11.3. The van der Waals surface area contributed by atoms with Crippen LogP contribution in [0.4, 0.5) is 10.1 Å². The lowest BCUT2D eigenvalue weighted by Gasteiger charge is -2.18. The predicted molar refractivity (Wildman–Crippen MR) is 74.8 cm³/mol. The summed E-state index contributed by atoms with van der Waals surface area (Å²) in [6.07, 6.45) is 0. The Morgan fingerprint density at radius 2 is 1.89 bits per heavy atom. The minimum Gasteiger partial charge on any atom is -0.387 e. The highest BCUT2D eigenvalue weighted by Crippen LogP contribution is 2.34. The SMILES string of the molecule is CNc1c(C(C)C)c(C)nc2cc(F)c(C)cc12. The highest BCUT2D eigenvalue weighted by Gasteiger charge is 2.15. The van der Waals surface area contributed by atoms with Crippen molar-refractivity contribution in [3.63, 3.8) is 0 Å². The van der Waals surface area contributed by atoms with E-state index in [1.54, 1.807) is 6.92 Å². The van der Waals surface area contributed by atoms with Crippen molar-refractivity contribution in [2.45, 2.75) is 33.6 Å². The lowest BCUT2D eigenvalue weighted by Crippen LogP contribution is -2.04. The van der Waals surface area contributed by atoms with E-state index in [1.165, 1.54) is 11.6 Å². The van der Waals surface area contributed by atoms with E-state index < -0.39 is 0 Å². The molecule has 0 radical (unpaired) electrons. The van der Waals surface area contributed by atoms with Crippen LogP contribution >= 0.6 is 0 Å². The molecule has 0 fully saturated rings. The summed E-state index contributed by atoms with van der Waals surface area (Å²) in [5.74, 6) is 0.184. The zero-order valence-electron chi connectivity index (χ0n) is 11.6. The Morgan fingerprint density at radius 1 is 1.22 bits per heavy atom. The molecular formula is C15H19FN2. The van der Waals surface area contributed by atoms with E-state index in [-0.39, 0.29) is 5.82 Å². The zero-order valence-corrected chi connectivity index (χ0v) is 11.6. The summed E-state index contributed by atoms with van der Waals surface area (Å²) in [5.41, 5.74) is 4.60. The van der Waals surface area contributed by atoms with Crippen molar-refractivity contribution in [2.24, 2.45) is 0 Å². The van der Waals surface area contributed by atoms with Gasteiger partial charge in [0.05, 0.1) is 5.52 Å². The number of nitrogens with one attached hydrogen (secondary N) is 1. The van der Waals surface area contributed by atoms with Crippen LogP contribution in [0.1, 0.15) is 36.6 Å². The molecule has 96 valence electrons. The van der Waals surface area contributed by atoms with Gasteiger partial charge in [-0.2, -0.15) is 0 Å². The molecule has 1 heterocycles. The summed E-state index contributed by atoms with van der Waals surface area (Å²) in [4.78, 5) is 4.53. The minimum absolute atomic E-state index is 0.200. The summed E-state index contributed by atoms with van der Waals surface area (Å²) in [5, 5.41) is 4.24. The summed E-state index contributed by atoms with van der Waals surface area (Å²) in [6.45, 7) is 8.05. The van der Waals surface area contributed by atoms with Crippen molar-refractivity contribution in [1.29, 1.82) is 0 Å². The monoisotopic (exact) mass is 246 g/mol. The van der Waals surface area contributed by atoms with Gasteiger partial charge in [0.25, 0.3) is 0 Å². The van der Waals surface area contributed by atoms with Gasteiger partial charge in [-0.15, -0.1) is 0 Å². The first-order chi connectivity index (χ1) is 8.45. The fourth-order valence-electron chi connectivity index (χ4n) is 2.51. The largest absolute Gasteiger partial charge is 0.387 e. The number of fused-ring (bicyclic) bond motifs is 1. The van der Waals surface area contributed by atoms with Crippen LogP contribution < -0.4 is 5.32 Å². The van der Waals surface area contributed by atoms with Crippen LogP contribution in [0.3, 0.4) is 0 Å². The van der Waals surface area contributed by atoms with Gasteiger partial charge in [-0.05, 0) is 37.0 Å². The average molecular weight is 246 g/mol. The molecule has 3 heteroatoms. The predicted octanol–water partition coefficient (Wildman–Crippen LogP) is 4.16. The highest BCUT2D eigenvalue weighted by atomic mass is 19.1. The Balaban J connectivity index is 2.89. The number of nitrogens with zero attached hydrogens (tertiary/aromatic N) is 1. The first-order valence-electron chi connectivity index (χ1n) is 6.23. The van der Waals surface area contributed by atoms with E-state index in [9.17, 15) is 4.39 Å². The molecule has 18 heavy (non-hydrogen) atoms.